The molecule has 7 nitrogen and oxygen atoms in total. The SMILES string of the molecule is Cc1ccc(NC(=O)[C@@H](C)n2nc(-c3ccco3)oc2=O)c(C)c1. The number of rotatable bonds is 4. The monoisotopic (exact) mass is 327 g/mol. The average molecular weight is 327 g/mol. The lowest BCUT2D eigenvalue weighted by Crippen LogP contribution is -2.30. The van der Waals surface area contributed by atoms with Gasteiger partial charge in [-0.3, -0.25) is 4.79 Å². The number of furan rings is 1. The first kappa shape index (κ1) is 15.8. The Kier molecular flexibility index (Phi) is 4.07. The first-order valence-corrected chi connectivity index (χ1v) is 7.47. The topological polar surface area (TPSA) is 90.3 Å². The number of carbonyl (C=O) groups excluding carboxylic acids is 1. The van der Waals surface area contributed by atoms with Crippen LogP contribution in [0.15, 0.2) is 50.2 Å². The summed E-state index contributed by atoms with van der Waals surface area (Å²) >= 11 is 0. The molecule has 0 aliphatic rings. The molecule has 0 aliphatic heterocycles. The van der Waals surface area contributed by atoms with E-state index < -0.39 is 11.8 Å². The fourth-order valence-electron chi connectivity index (χ4n) is 2.34. The standard InChI is InChI=1S/C17H17N3O4/c1-10-6-7-13(11(2)9-10)18-15(21)12(3)20-17(22)24-16(19-20)14-5-4-8-23-14/h4-9,12H,1-3H3,(H,18,21)/t12-/m1/s1. The number of aryl methyl sites for hydroxylation is 2. The Labute approximate surface area is 137 Å². The van der Waals surface area contributed by atoms with Crippen LogP contribution in [0.4, 0.5) is 5.69 Å². The molecule has 3 rings (SSSR count). The van der Waals surface area contributed by atoms with Gasteiger partial charge in [0.05, 0.1) is 6.26 Å². The minimum atomic E-state index is -0.828. The van der Waals surface area contributed by atoms with Gasteiger partial charge in [0, 0.05) is 5.69 Å². The van der Waals surface area contributed by atoms with Crippen LogP contribution < -0.4 is 11.1 Å². The summed E-state index contributed by atoms with van der Waals surface area (Å²) in [7, 11) is 0. The molecular weight excluding hydrogens is 310 g/mol. The smallest absolute Gasteiger partial charge is 0.438 e. The number of hydrogen-bond acceptors (Lipinski definition) is 5. The summed E-state index contributed by atoms with van der Waals surface area (Å²) in [5.41, 5.74) is 2.74. The van der Waals surface area contributed by atoms with E-state index in [2.05, 4.69) is 10.4 Å². The Balaban J connectivity index is 1.82. The van der Waals surface area contributed by atoms with E-state index in [1.165, 1.54) is 6.26 Å². The van der Waals surface area contributed by atoms with Gasteiger partial charge in [-0.1, -0.05) is 17.7 Å². The van der Waals surface area contributed by atoms with Gasteiger partial charge < -0.3 is 14.2 Å². The molecule has 2 aromatic heterocycles. The Morgan fingerprint density at radius 1 is 1.29 bits per heavy atom. The normalized spacial score (nSPS) is 12.1. The van der Waals surface area contributed by atoms with Gasteiger partial charge in [-0.15, -0.1) is 5.10 Å². The van der Waals surface area contributed by atoms with Crippen molar-refractivity contribution >= 4 is 11.6 Å². The highest BCUT2D eigenvalue weighted by atomic mass is 16.4. The molecule has 1 atom stereocenters. The van der Waals surface area contributed by atoms with Crippen molar-refractivity contribution in [2.75, 3.05) is 5.32 Å². The van der Waals surface area contributed by atoms with Crippen LogP contribution in [0.25, 0.3) is 11.7 Å². The Hall–Kier alpha value is -3.09. The fraction of sp³-hybridized carbons (Fsp3) is 0.235. The van der Waals surface area contributed by atoms with Crippen molar-refractivity contribution in [3.63, 3.8) is 0 Å². The van der Waals surface area contributed by atoms with E-state index >= 15 is 0 Å². The van der Waals surface area contributed by atoms with Crippen LogP contribution in [-0.2, 0) is 4.79 Å². The zero-order chi connectivity index (χ0) is 17.3. The lowest BCUT2D eigenvalue weighted by molar-refractivity contribution is -0.119. The number of nitrogens with zero attached hydrogens (tertiary/aromatic N) is 2. The molecular formula is C17H17N3O4. The van der Waals surface area contributed by atoms with Gasteiger partial charge in [0.25, 0.3) is 5.89 Å². The number of carbonyl (C=O) groups is 1. The molecule has 0 unspecified atom stereocenters. The first-order valence-electron chi connectivity index (χ1n) is 7.47. The Morgan fingerprint density at radius 3 is 2.75 bits per heavy atom. The molecule has 0 spiro atoms. The van der Waals surface area contributed by atoms with Crippen molar-refractivity contribution in [3.8, 4) is 11.7 Å². The maximum atomic E-state index is 12.4. The van der Waals surface area contributed by atoms with Crippen molar-refractivity contribution in [1.82, 2.24) is 9.78 Å². The van der Waals surface area contributed by atoms with Crippen LogP contribution in [0.1, 0.15) is 24.1 Å². The molecule has 0 saturated carbocycles. The van der Waals surface area contributed by atoms with Crippen LogP contribution in [0, 0.1) is 13.8 Å². The van der Waals surface area contributed by atoms with Crippen molar-refractivity contribution < 1.29 is 13.6 Å². The van der Waals surface area contributed by atoms with Crippen molar-refractivity contribution in [3.05, 3.63) is 58.3 Å². The van der Waals surface area contributed by atoms with Crippen LogP contribution in [0.2, 0.25) is 0 Å². The molecule has 0 saturated heterocycles. The molecule has 0 bridgehead atoms. The van der Waals surface area contributed by atoms with Gasteiger partial charge in [0.1, 0.15) is 6.04 Å². The summed E-state index contributed by atoms with van der Waals surface area (Å²) in [5.74, 6) is -0.711. The largest absolute Gasteiger partial charge is 0.459 e. The van der Waals surface area contributed by atoms with E-state index in [0.717, 1.165) is 15.8 Å². The van der Waals surface area contributed by atoms with Crippen LogP contribution in [0.5, 0.6) is 0 Å². The number of anilines is 1. The van der Waals surface area contributed by atoms with Crippen molar-refractivity contribution in [2.24, 2.45) is 0 Å². The van der Waals surface area contributed by atoms with Gasteiger partial charge in [-0.05, 0) is 44.5 Å². The van der Waals surface area contributed by atoms with E-state index in [1.54, 1.807) is 19.1 Å². The van der Waals surface area contributed by atoms with Crippen LogP contribution >= 0.6 is 0 Å². The third-order valence-corrected chi connectivity index (χ3v) is 3.69. The quantitative estimate of drug-likeness (QED) is 0.795. The second-order valence-corrected chi connectivity index (χ2v) is 5.58. The third-order valence-electron chi connectivity index (χ3n) is 3.69. The summed E-state index contributed by atoms with van der Waals surface area (Å²) in [5, 5.41) is 6.84. The molecule has 124 valence electrons. The van der Waals surface area contributed by atoms with Crippen molar-refractivity contribution in [1.29, 1.82) is 0 Å². The molecule has 24 heavy (non-hydrogen) atoms. The van der Waals surface area contributed by atoms with Crippen LogP contribution in [-0.4, -0.2) is 15.7 Å². The van der Waals surface area contributed by atoms with E-state index in [9.17, 15) is 9.59 Å². The Morgan fingerprint density at radius 2 is 2.08 bits per heavy atom. The number of aromatic nitrogens is 2. The molecule has 1 aromatic carbocycles. The van der Waals surface area contributed by atoms with Gasteiger partial charge in [-0.2, -0.15) is 4.68 Å². The predicted octanol–water partition coefficient (Wildman–Crippen LogP) is 2.91. The van der Waals surface area contributed by atoms with Gasteiger partial charge in [0.15, 0.2) is 5.76 Å². The third kappa shape index (κ3) is 3.01. The second kappa shape index (κ2) is 6.19. The van der Waals surface area contributed by atoms with Gasteiger partial charge in [0.2, 0.25) is 5.91 Å². The minimum absolute atomic E-state index is 0.0381. The van der Waals surface area contributed by atoms with Crippen LogP contribution in [0.3, 0.4) is 0 Å². The zero-order valence-electron chi connectivity index (χ0n) is 13.6. The molecule has 0 radical (unpaired) electrons. The van der Waals surface area contributed by atoms with E-state index in [4.69, 9.17) is 8.83 Å². The van der Waals surface area contributed by atoms with E-state index in [-0.39, 0.29) is 11.8 Å². The highest BCUT2D eigenvalue weighted by Crippen LogP contribution is 2.19. The Bertz CT molecular complexity index is 922. The maximum Gasteiger partial charge on any atom is 0.438 e. The molecule has 0 aliphatic carbocycles. The molecule has 1 amide bonds. The molecule has 0 fully saturated rings. The minimum Gasteiger partial charge on any atom is -0.459 e. The average Bonchev–Trinajstić information content (AvgIpc) is 3.18. The van der Waals surface area contributed by atoms with Gasteiger partial charge in [-0.25, -0.2) is 4.79 Å². The fourth-order valence-corrected chi connectivity index (χ4v) is 2.34. The number of amides is 1. The lowest BCUT2D eigenvalue weighted by atomic mass is 10.1. The summed E-state index contributed by atoms with van der Waals surface area (Å²) in [6, 6.07) is 8.16. The molecule has 2 heterocycles. The highest BCUT2D eigenvalue weighted by Gasteiger charge is 2.22. The number of hydrogen-bond donors (Lipinski definition) is 1. The highest BCUT2D eigenvalue weighted by molar-refractivity contribution is 5.94. The first-order chi connectivity index (χ1) is 11.5. The summed E-state index contributed by atoms with van der Waals surface area (Å²) < 4.78 is 11.2. The second-order valence-electron chi connectivity index (χ2n) is 5.58. The summed E-state index contributed by atoms with van der Waals surface area (Å²) in [4.78, 5) is 24.4. The van der Waals surface area contributed by atoms with E-state index in [1.807, 2.05) is 32.0 Å². The zero-order valence-corrected chi connectivity index (χ0v) is 13.6. The molecule has 1 N–H and O–H groups in total. The van der Waals surface area contributed by atoms with E-state index in [0.29, 0.717) is 11.4 Å². The predicted molar refractivity (Wildman–Crippen MR) is 87.7 cm³/mol. The summed E-state index contributed by atoms with van der Waals surface area (Å²) in [6.45, 7) is 5.46. The number of nitrogens with one attached hydrogen (secondary N) is 1. The lowest BCUT2D eigenvalue weighted by Gasteiger charge is -2.13. The molecule has 3 aromatic rings. The summed E-state index contributed by atoms with van der Waals surface area (Å²) in [6.07, 6.45) is 1.45. The maximum absolute atomic E-state index is 12.4. The van der Waals surface area contributed by atoms with Crippen molar-refractivity contribution in [2.45, 2.75) is 26.8 Å². The molecule has 7 heteroatoms. The van der Waals surface area contributed by atoms with Gasteiger partial charge >= 0.3 is 5.76 Å². The number of benzene rings is 1.